The Morgan fingerprint density at radius 3 is 2.62 bits per heavy atom. The molecule has 2 heterocycles. The van der Waals surface area contributed by atoms with Gasteiger partial charge in [0.1, 0.15) is 15.8 Å². The quantitative estimate of drug-likeness (QED) is 0.144. The van der Waals surface area contributed by atoms with Crippen LogP contribution in [0.25, 0.3) is 23.0 Å². The monoisotopic (exact) mass is 533 g/mol. The third-order valence-corrected chi connectivity index (χ3v) is 7.69. The number of carbonyl (C=O) groups excluding carboxylic acids is 1. The van der Waals surface area contributed by atoms with Crippen molar-refractivity contribution < 1.29 is 9.53 Å². The van der Waals surface area contributed by atoms with Gasteiger partial charge in [0, 0.05) is 23.9 Å². The van der Waals surface area contributed by atoms with E-state index >= 15 is 0 Å². The van der Waals surface area contributed by atoms with Gasteiger partial charge in [0.15, 0.2) is 0 Å². The summed E-state index contributed by atoms with van der Waals surface area (Å²) in [5.74, 6) is 1.47. The molecule has 0 bridgehead atoms. The predicted octanol–water partition coefficient (Wildman–Crippen LogP) is 7.66. The molecule has 5 nitrogen and oxygen atoms in total. The minimum absolute atomic E-state index is 0.0189. The number of carbonyl (C=O) groups is 1. The minimum atomic E-state index is -0.0189. The molecule has 7 heteroatoms. The van der Waals surface area contributed by atoms with Crippen LogP contribution in [0.4, 0.5) is 0 Å². The zero-order valence-electron chi connectivity index (χ0n) is 22.1. The number of unbranched alkanes of at least 4 members (excludes halogenated alkanes) is 2. The molecule has 1 aromatic heterocycles. The van der Waals surface area contributed by atoms with E-state index in [-0.39, 0.29) is 5.91 Å². The van der Waals surface area contributed by atoms with E-state index in [0.717, 1.165) is 59.5 Å². The van der Waals surface area contributed by atoms with E-state index in [4.69, 9.17) is 22.1 Å². The van der Waals surface area contributed by atoms with E-state index < -0.39 is 0 Å². The molecule has 2 aromatic carbocycles. The number of benzene rings is 2. The fourth-order valence-corrected chi connectivity index (χ4v) is 5.45. The molecular weight excluding hydrogens is 498 g/mol. The Balaban J connectivity index is 1.67. The summed E-state index contributed by atoms with van der Waals surface area (Å²) in [6, 6.07) is 16.2. The molecule has 1 amide bonds. The number of nitrogens with zero attached hydrogens (tertiary/aromatic N) is 3. The molecule has 1 aliphatic rings. The first-order valence-corrected chi connectivity index (χ1v) is 14.2. The van der Waals surface area contributed by atoms with Crippen LogP contribution in [-0.2, 0) is 4.79 Å². The number of rotatable bonds is 11. The lowest BCUT2D eigenvalue weighted by Crippen LogP contribution is -2.28. The average Bonchev–Trinajstić information content (AvgIpc) is 3.42. The number of hydrogen-bond acceptors (Lipinski definition) is 5. The zero-order chi connectivity index (χ0) is 26.4. The molecule has 1 aliphatic heterocycles. The number of thioether (sulfide) groups is 1. The lowest BCUT2D eigenvalue weighted by atomic mass is 10.0. The van der Waals surface area contributed by atoms with Gasteiger partial charge in [-0.25, -0.2) is 4.68 Å². The van der Waals surface area contributed by atoms with E-state index in [2.05, 4.69) is 33.8 Å². The van der Waals surface area contributed by atoms with Crippen molar-refractivity contribution in [1.82, 2.24) is 14.7 Å². The van der Waals surface area contributed by atoms with Crippen molar-refractivity contribution >= 4 is 40.3 Å². The van der Waals surface area contributed by atoms with Crippen LogP contribution in [-0.4, -0.2) is 38.1 Å². The number of aromatic nitrogens is 2. The average molecular weight is 534 g/mol. The standard InChI is InChI=1S/C30H35N3O2S2/c1-5-6-10-16-32-29(34)27(37-30(32)36)19-24-20-33(25-11-8-7-9-12-25)31-28(24)23-13-14-26(22(4)18-23)35-17-15-21(2)3/h7-9,11-14,18-21H,5-6,10,15-17H2,1-4H3. The Morgan fingerprint density at radius 1 is 1.14 bits per heavy atom. The largest absolute Gasteiger partial charge is 0.493 e. The van der Waals surface area contributed by atoms with Crippen LogP contribution in [0.5, 0.6) is 5.75 Å². The van der Waals surface area contributed by atoms with E-state index in [1.54, 1.807) is 4.90 Å². The molecule has 0 N–H and O–H groups in total. The van der Waals surface area contributed by atoms with Gasteiger partial charge in [0.05, 0.1) is 17.2 Å². The molecule has 0 radical (unpaired) electrons. The number of para-hydroxylation sites is 1. The van der Waals surface area contributed by atoms with E-state index in [9.17, 15) is 4.79 Å². The topological polar surface area (TPSA) is 47.4 Å². The predicted molar refractivity (Wildman–Crippen MR) is 158 cm³/mol. The Hall–Kier alpha value is -2.90. The molecule has 1 saturated heterocycles. The van der Waals surface area contributed by atoms with Crippen LogP contribution in [0.2, 0.25) is 0 Å². The maximum absolute atomic E-state index is 13.2. The van der Waals surface area contributed by atoms with Crippen LogP contribution in [0.15, 0.2) is 59.6 Å². The molecule has 37 heavy (non-hydrogen) atoms. The van der Waals surface area contributed by atoms with Gasteiger partial charge in [0.2, 0.25) is 0 Å². The first kappa shape index (κ1) is 27.1. The van der Waals surface area contributed by atoms with Crippen LogP contribution >= 0.6 is 24.0 Å². The summed E-state index contributed by atoms with van der Waals surface area (Å²) in [6.45, 7) is 9.98. The van der Waals surface area contributed by atoms with Crippen LogP contribution in [0.3, 0.4) is 0 Å². The lowest BCUT2D eigenvalue weighted by molar-refractivity contribution is -0.122. The van der Waals surface area contributed by atoms with Gasteiger partial charge >= 0.3 is 0 Å². The Morgan fingerprint density at radius 2 is 1.92 bits per heavy atom. The van der Waals surface area contributed by atoms with Gasteiger partial charge in [-0.1, -0.05) is 75.8 Å². The molecule has 194 valence electrons. The molecular formula is C30H35N3O2S2. The zero-order valence-corrected chi connectivity index (χ0v) is 23.7. The van der Waals surface area contributed by atoms with Gasteiger partial charge in [0.25, 0.3) is 5.91 Å². The molecule has 0 atom stereocenters. The minimum Gasteiger partial charge on any atom is -0.493 e. The second-order valence-electron chi connectivity index (χ2n) is 9.76. The first-order chi connectivity index (χ1) is 17.9. The van der Waals surface area contributed by atoms with Crippen molar-refractivity contribution in [3.8, 4) is 22.7 Å². The van der Waals surface area contributed by atoms with Crippen molar-refractivity contribution in [2.75, 3.05) is 13.2 Å². The third-order valence-electron chi connectivity index (χ3n) is 6.31. The molecule has 0 aliphatic carbocycles. The van der Waals surface area contributed by atoms with Gasteiger partial charge < -0.3 is 4.74 Å². The van der Waals surface area contributed by atoms with Crippen molar-refractivity contribution in [1.29, 1.82) is 0 Å². The second kappa shape index (κ2) is 12.6. The van der Waals surface area contributed by atoms with Crippen molar-refractivity contribution in [2.24, 2.45) is 5.92 Å². The molecule has 0 spiro atoms. The summed E-state index contributed by atoms with van der Waals surface area (Å²) in [4.78, 5) is 15.6. The number of thiocarbonyl (C=S) groups is 1. The normalized spacial score (nSPS) is 14.8. The Kier molecular flexibility index (Phi) is 9.22. The van der Waals surface area contributed by atoms with Crippen LogP contribution in [0.1, 0.15) is 57.6 Å². The fraction of sp³-hybridized carbons (Fsp3) is 0.367. The maximum Gasteiger partial charge on any atom is 0.266 e. The summed E-state index contributed by atoms with van der Waals surface area (Å²) < 4.78 is 8.52. The summed E-state index contributed by atoms with van der Waals surface area (Å²) in [7, 11) is 0. The summed E-state index contributed by atoms with van der Waals surface area (Å²) >= 11 is 6.92. The lowest BCUT2D eigenvalue weighted by Gasteiger charge is -2.13. The smallest absolute Gasteiger partial charge is 0.266 e. The SMILES string of the molecule is CCCCCN1C(=O)C(=Cc2cn(-c3ccccc3)nc2-c2ccc(OCCC(C)C)c(C)c2)SC1=S. The highest BCUT2D eigenvalue weighted by atomic mass is 32.2. The maximum atomic E-state index is 13.2. The fourth-order valence-electron chi connectivity index (χ4n) is 4.15. The highest BCUT2D eigenvalue weighted by molar-refractivity contribution is 8.26. The Bertz CT molecular complexity index is 1280. The van der Waals surface area contributed by atoms with Crippen molar-refractivity contribution in [2.45, 2.75) is 53.4 Å². The van der Waals surface area contributed by atoms with Gasteiger partial charge in [-0.2, -0.15) is 5.10 Å². The van der Waals surface area contributed by atoms with Crippen molar-refractivity contribution in [3.63, 3.8) is 0 Å². The van der Waals surface area contributed by atoms with Crippen LogP contribution < -0.4 is 4.74 Å². The summed E-state index contributed by atoms with van der Waals surface area (Å²) in [6.07, 6.45) is 8.08. The number of aryl methyl sites for hydroxylation is 1. The highest BCUT2D eigenvalue weighted by Gasteiger charge is 2.32. The van der Waals surface area contributed by atoms with E-state index in [1.807, 2.05) is 59.4 Å². The first-order valence-electron chi connectivity index (χ1n) is 13.0. The number of hydrogen-bond donors (Lipinski definition) is 0. The molecule has 0 unspecified atom stereocenters. The van der Waals surface area contributed by atoms with Gasteiger partial charge in [-0.3, -0.25) is 9.69 Å². The van der Waals surface area contributed by atoms with Crippen molar-refractivity contribution in [3.05, 3.63) is 70.8 Å². The second-order valence-corrected chi connectivity index (χ2v) is 11.4. The Labute approximate surface area is 229 Å². The van der Waals surface area contributed by atoms with E-state index in [0.29, 0.717) is 28.3 Å². The molecule has 0 saturated carbocycles. The van der Waals surface area contributed by atoms with Gasteiger partial charge in [-0.05, 0) is 67.7 Å². The summed E-state index contributed by atoms with van der Waals surface area (Å²) in [5, 5.41) is 4.94. The number of amides is 1. The molecule has 4 rings (SSSR count). The van der Waals surface area contributed by atoms with Gasteiger partial charge in [-0.15, -0.1) is 0 Å². The summed E-state index contributed by atoms with van der Waals surface area (Å²) in [5.41, 5.74) is 4.69. The number of ether oxygens (including phenoxy) is 1. The van der Waals surface area contributed by atoms with E-state index in [1.165, 1.54) is 11.8 Å². The highest BCUT2D eigenvalue weighted by Crippen LogP contribution is 2.36. The molecule has 3 aromatic rings. The third kappa shape index (κ3) is 6.70. The van der Waals surface area contributed by atoms with Crippen LogP contribution in [0, 0.1) is 12.8 Å². The molecule has 1 fully saturated rings.